The molecule has 0 saturated carbocycles. The molecule has 4 nitrogen and oxygen atoms in total. The second kappa shape index (κ2) is 5.53. The van der Waals surface area contributed by atoms with Crippen LogP contribution < -0.4 is 5.32 Å². The molecule has 1 aromatic heterocycles. The minimum absolute atomic E-state index is 0.0975. The van der Waals surface area contributed by atoms with Crippen molar-refractivity contribution in [2.75, 3.05) is 0 Å². The standard InChI is InChI=1S/C15H22N4/c1-12-6-5-7-13(8-12)10-19-11-14(17-18-19)9-16-15(2,3)4/h5-8,11,16H,9-10H2,1-4H3. The Kier molecular flexibility index (Phi) is 4.00. The molecule has 2 aromatic rings. The SMILES string of the molecule is Cc1cccc(Cn2cc(CNC(C)(C)C)nn2)c1. The van der Waals surface area contributed by atoms with Crippen molar-refractivity contribution >= 4 is 0 Å². The van der Waals surface area contributed by atoms with Crippen LogP contribution in [0.5, 0.6) is 0 Å². The van der Waals surface area contributed by atoms with Gasteiger partial charge in [-0.05, 0) is 33.3 Å². The Morgan fingerprint density at radius 3 is 2.74 bits per heavy atom. The van der Waals surface area contributed by atoms with Crippen LogP contribution in [-0.2, 0) is 13.1 Å². The van der Waals surface area contributed by atoms with E-state index < -0.39 is 0 Å². The number of hydrogen-bond acceptors (Lipinski definition) is 3. The van der Waals surface area contributed by atoms with Crippen molar-refractivity contribution in [1.29, 1.82) is 0 Å². The Balaban J connectivity index is 1.97. The summed E-state index contributed by atoms with van der Waals surface area (Å²) in [5.41, 5.74) is 3.59. The van der Waals surface area contributed by atoms with Crippen LogP contribution in [0.15, 0.2) is 30.5 Å². The van der Waals surface area contributed by atoms with Gasteiger partial charge in [-0.15, -0.1) is 5.10 Å². The summed E-state index contributed by atoms with van der Waals surface area (Å²) in [6.45, 7) is 10.0. The van der Waals surface area contributed by atoms with E-state index in [4.69, 9.17) is 0 Å². The first kappa shape index (κ1) is 13.7. The molecule has 2 rings (SSSR count). The molecular weight excluding hydrogens is 236 g/mol. The summed E-state index contributed by atoms with van der Waals surface area (Å²) < 4.78 is 1.88. The van der Waals surface area contributed by atoms with E-state index in [-0.39, 0.29) is 5.54 Å². The largest absolute Gasteiger partial charge is 0.306 e. The Labute approximate surface area is 114 Å². The highest BCUT2D eigenvalue weighted by Crippen LogP contribution is 2.06. The molecule has 0 spiro atoms. The van der Waals surface area contributed by atoms with Gasteiger partial charge in [0.1, 0.15) is 0 Å². The van der Waals surface area contributed by atoms with E-state index in [1.165, 1.54) is 11.1 Å². The quantitative estimate of drug-likeness (QED) is 0.916. The van der Waals surface area contributed by atoms with Gasteiger partial charge in [0.05, 0.1) is 18.4 Å². The third kappa shape index (κ3) is 4.48. The van der Waals surface area contributed by atoms with Gasteiger partial charge in [-0.1, -0.05) is 35.0 Å². The van der Waals surface area contributed by atoms with Crippen molar-refractivity contribution in [3.8, 4) is 0 Å². The normalized spacial score (nSPS) is 11.8. The minimum Gasteiger partial charge on any atom is -0.306 e. The van der Waals surface area contributed by atoms with Crippen LogP contribution in [0.3, 0.4) is 0 Å². The van der Waals surface area contributed by atoms with Crippen molar-refractivity contribution in [1.82, 2.24) is 20.3 Å². The number of aryl methyl sites for hydroxylation is 1. The second-order valence-corrected chi connectivity index (χ2v) is 6.00. The Bertz CT molecular complexity index is 537. The Morgan fingerprint density at radius 1 is 1.26 bits per heavy atom. The van der Waals surface area contributed by atoms with Gasteiger partial charge in [-0.2, -0.15) is 0 Å². The van der Waals surface area contributed by atoms with Crippen molar-refractivity contribution in [3.63, 3.8) is 0 Å². The Hall–Kier alpha value is -1.68. The number of aromatic nitrogens is 3. The Morgan fingerprint density at radius 2 is 2.05 bits per heavy atom. The molecule has 1 heterocycles. The summed E-state index contributed by atoms with van der Waals surface area (Å²) in [6, 6.07) is 8.46. The van der Waals surface area contributed by atoms with E-state index in [1.54, 1.807) is 0 Å². The number of benzene rings is 1. The zero-order valence-corrected chi connectivity index (χ0v) is 12.1. The van der Waals surface area contributed by atoms with Crippen LogP contribution >= 0.6 is 0 Å². The van der Waals surface area contributed by atoms with Crippen molar-refractivity contribution in [2.45, 2.75) is 46.3 Å². The highest BCUT2D eigenvalue weighted by atomic mass is 15.4. The maximum absolute atomic E-state index is 4.19. The number of rotatable bonds is 4. The maximum atomic E-state index is 4.19. The molecule has 0 amide bonds. The summed E-state index contributed by atoms with van der Waals surface area (Å²) >= 11 is 0. The number of hydrogen-bond donors (Lipinski definition) is 1. The van der Waals surface area contributed by atoms with Gasteiger partial charge in [0.15, 0.2) is 0 Å². The van der Waals surface area contributed by atoms with Crippen LogP contribution in [0, 0.1) is 6.92 Å². The van der Waals surface area contributed by atoms with Crippen LogP contribution in [0.1, 0.15) is 37.6 Å². The highest BCUT2D eigenvalue weighted by Gasteiger charge is 2.10. The molecule has 19 heavy (non-hydrogen) atoms. The molecule has 0 aliphatic rings. The van der Waals surface area contributed by atoms with Crippen molar-refractivity contribution in [3.05, 3.63) is 47.3 Å². The van der Waals surface area contributed by atoms with E-state index >= 15 is 0 Å². The molecule has 0 fully saturated rings. The molecular formula is C15H22N4. The van der Waals surface area contributed by atoms with Gasteiger partial charge >= 0.3 is 0 Å². The van der Waals surface area contributed by atoms with Crippen molar-refractivity contribution in [2.24, 2.45) is 0 Å². The van der Waals surface area contributed by atoms with E-state index in [0.29, 0.717) is 0 Å². The lowest BCUT2D eigenvalue weighted by Crippen LogP contribution is -2.35. The summed E-state index contributed by atoms with van der Waals surface area (Å²) in [4.78, 5) is 0. The smallest absolute Gasteiger partial charge is 0.0965 e. The zero-order valence-electron chi connectivity index (χ0n) is 12.1. The summed E-state index contributed by atoms with van der Waals surface area (Å²) in [5, 5.41) is 11.8. The van der Waals surface area contributed by atoms with Gasteiger partial charge in [-0.3, -0.25) is 0 Å². The number of nitrogens with one attached hydrogen (secondary N) is 1. The molecule has 0 aliphatic heterocycles. The van der Waals surface area contributed by atoms with Gasteiger partial charge in [-0.25, -0.2) is 4.68 Å². The van der Waals surface area contributed by atoms with Crippen LogP contribution in [0.2, 0.25) is 0 Å². The van der Waals surface area contributed by atoms with Crippen LogP contribution in [-0.4, -0.2) is 20.5 Å². The lowest BCUT2D eigenvalue weighted by atomic mass is 10.1. The molecule has 0 radical (unpaired) electrons. The topological polar surface area (TPSA) is 42.7 Å². The fourth-order valence-electron chi connectivity index (χ4n) is 1.85. The van der Waals surface area contributed by atoms with Crippen LogP contribution in [0.4, 0.5) is 0 Å². The summed E-state index contributed by atoms with van der Waals surface area (Å²) in [6.07, 6.45) is 2.00. The van der Waals surface area contributed by atoms with Crippen molar-refractivity contribution < 1.29 is 0 Å². The molecule has 1 N–H and O–H groups in total. The van der Waals surface area contributed by atoms with Gasteiger partial charge < -0.3 is 5.32 Å². The molecule has 0 unspecified atom stereocenters. The van der Waals surface area contributed by atoms with E-state index in [2.05, 4.69) is 67.6 Å². The molecule has 0 saturated heterocycles. The monoisotopic (exact) mass is 258 g/mol. The second-order valence-electron chi connectivity index (χ2n) is 6.00. The average Bonchev–Trinajstić information content (AvgIpc) is 2.73. The van der Waals surface area contributed by atoms with Gasteiger partial charge in [0, 0.05) is 12.1 Å². The first-order valence-electron chi connectivity index (χ1n) is 6.62. The molecule has 102 valence electrons. The van der Waals surface area contributed by atoms with E-state index in [0.717, 1.165) is 18.8 Å². The third-order valence-electron chi connectivity index (χ3n) is 2.81. The molecule has 1 aromatic carbocycles. The molecule has 0 bridgehead atoms. The fourth-order valence-corrected chi connectivity index (χ4v) is 1.85. The van der Waals surface area contributed by atoms with E-state index in [9.17, 15) is 0 Å². The highest BCUT2D eigenvalue weighted by molar-refractivity contribution is 5.22. The summed E-state index contributed by atoms with van der Waals surface area (Å²) in [7, 11) is 0. The predicted molar refractivity (Wildman–Crippen MR) is 76.9 cm³/mol. The van der Waals surface area contributed by atoms with E-state index in [1.807, 2.05) is 10.9 Å². The molecule has 4 heteroatoms. The lowest BCUT2D eigenvalue weighted by Gasteiger charge is -2.19. The fraction of sp³-hybridized carbons (Fsp3) is 0.467. The number of nitrogens with zero attached hydrogens (tertiary/aromatic N) is 3. The average molecular weight is 258 g/mol. The first-order valence-corrected chi connectivity index (χ1v) is 6.62. The van der Waals surface area contributed by atoms with Crippen LogP contribution in [0.25, 0.3) is 0 Å². The first-order chi connectivity index (χ1) is 8.92. The molecule has 0 aliphatic carbocycles. The molecule has 0 atom stereocenters. The summed E-state index contributed by atoms with van der Waals surface area (Å²) in [5.74, 6) is 0. The maximum Gasteiger partial charge on any atom is 0.0965 e. The third-order valence-corrected chi connectivity index (χ3v) is 2.81. The minimum atomic E-state index is 0.0975. The van der Waals surface area contributed by atoms with Gasteiger partial charge in [0.2, 0.25) is 0 Å². The van der Waals surface area contributed by atoms with Gasteiger partial charge in [0.25, 0.3) is 0 Å². The predicted octanol–water partition coefficient (Wildman–Crippen LogP) is 2.52. The zero-order chi connectivity index (χ0) is 13.9. The lowest BCUT2D eigenvalue weighted by molar-refractivity contribution is 0.421.